The molecule has 9 nitrogen and oxygen atoms in total. The van der Waals surface area contributed by atoms with Crippen molar-refractivity contribution in [3.63, 3.8) is 0 Å². The van der Waals surface area contributed by atoms with Gasteiger partial charge in [0.2, 0.25) is 5.91 Å². The summed E-state index contributed by atoms with van der Waals surface area (Å²) in [6.07, 6.45) is 1.30. The largest absolute Gasteiger partial charge is 0.480 e. The van der Waals surface area contributed by atoms with E-state index in [0.717, 1.165) is 9.58 Å². The van der Waals surface area contributed by atoms with Crippen LogP contribution in [0.25, 0.3) is 0 Å². The molecule has 1 heterocycles. The first kappa shape index (κ1) is 14.6. The summed E-state index contributed by atoms with van der Waals surface area (Å²) in [5.41, 5.74) is 0. The molecule has 19 heavy (non-hydrogen) atoms. The van der Waals surface area contributed by atoms with Gasteiger partial charge in [-0.05, 0) is 18.8 Å². The minimum Gasteiger partial charge on any atom is -0.480 e. The van der Waals surface area contributed by atoms with Crippen molar-refractivity contribution in [3.8, 4) is 0 Å². The third-order valence-corrected chi connectivity index (χ3v) is 2.36. The van der Waals surface area contributed by atoms with E-state index < -0.39 is 23.3 Å². The van der Waals surface area contributed by atoms with Crippen LogP contribution in [-0.4, -0.2) is 49.2 Å². The molecule has 0 aliphatic heterocycles. The molecular weight excluding hydrogens is 256 g/mol. The zero-order valence-electron chi connectivity index (χ0n) is 10.5. The quantitative estimate of drug-likeness (QED) is 0.579. The molecule has 0 bridgehead atoms. The molecule has 0 aromatic carbocycles. The lowest BCUT2D eigenvalue weighted by atomic mass is 10.3. The summed E-state index contributed by atoms with van der Waals surface area (Å²) < 4.78 is 1.11. The second-order valence-electron chi connectivity index (χ2n) is 4.14. The Balaban J connectivity index is 2.75. The van der Waals surface area contributed by atoms with Crippen LogP contribution in [0.1, 0.15) is 13.8 Å². The normalized spacial score (nSPS) is 10.5. The second kappa shape index (κ2) is 5.94. The van der Waals surface area contributed by atoms with Gasteiger partial charge in [-0.2, -0.15) is 4.68 Å². The molecule has 0 spiro atoms. The molecule has 1 aromatic rings. The third-order valence-electron chi connectivity index (χ3n) is 2.36. The third kappa shape index (κ3) is 4.05. The SMILES string of the molecule is CC(C)N(CC(=O)O)C(=O)Cn1ccc([N+](=O)[O-])n1. The number of nitrogens with zero attached hydrogens (tertiary/aromatic N) is 4. The van der Waals surface area contributed by atoms with E-state index in [-0.39, 0.29) is 18.4 Å². The van der Waals surface area contributed by atoms with Gasteiger partial charge >= 0.3 is 11.8 Å². The van der Waals surface area contributed by atoms with E-state index in [0.29, 0.717) is 0 Å². The molecular formula is C10H14N4O5. The highest BCUT2D eigenvalue weighted by Crippen LogP contribution is 2.06. The van der Waals surface area contributed by atoms with Gasteiger partial charge in [-0.3, -0.25) is 9.59 Å². The summed E-state index contributed by atoms with van der Waals surface area (Å²) in [7, 11) is 0. The van der Waals surface area contributed by atoms with Gasteiger partial charge in [0.15, 0.2) is 0 Å². The maximum Gasteiger partial charge on any atom is 0.389 e. The molecule has 1 amide bonds. The second-order valence-corrected chi connectivity index (χ2v) is 4.14. The van der Waals surface area contributed by atoms with E-state index >= 15 is 0 Å². The van der Waals surface area contributed by atoms with Gasteiger partial charge in [-0.25, -0.2) is 0 Å². The van der Waals surface area contributed by atoms with Crippen molar-refractivity contribution in [3.05, 3.63) is 22.4 Å². The fourth-order valence-corrected chi connectivity index (χ4v) is 1.47. The van der Waals surface area contributed by atoms with Crippen LogP contribution in [0.4, 0.5) is 5.82 Å². The molecule has 0 saturated heterocycles. The monoisotopic (exact) mass is 270 g/mol. The molecule has 0 unspecified atom stereocenters. The molecule has 0 aliphatic carbocycles. The lowest BCUT2D eigenvalue weighted by Gasteiger charge is -2.24. The average molecular weight is 270 g/mol. The predicted molar refractivity (Wildman–Crippen MR) is 63.4 cm³/mol. The molecule has 0 aliphatic rings. The number of rotatable bonds is 6. The van der Waals surface area contributed by atoms with Crippen molar-refractivity contribution in [2.45, 2.75) is 26.4 Å². The molecule has 1 aromatic heterocycles. The van der Waals surface area contributed by atoms with Crippen molar-refractivity contribution < 1.29 is 19.6 Å². The van der Waals surface area contributed by atoms with Gasteiger partial charge < -0.3 is 20.1 Å². The van der Waals surface area contributed by atoms with Crippen molar-refractivity contribution in [2.24, 2.45) is 0 Å². The van der Waals surface area contributed by atoms with Crippen molar-refractivity contribution in [1.82, 2.24) is 14.7 Å². The Labute approximate surface area is 108 Å². The Kier molecular flexibility index (Phi) is 4.56. The lowest BCUT2D eigenvalue weighted by Crippen LogP contribution is -2.42. The number of amides is 1. The minimum atomic E-state index is -1.12. The molecule has 1 rings (SSSR count). The Hall–Kier alpha value is -2.45. The van der Waals surface area contributed by atoms with Gasteiger partial charge in [0.05, 0.1) is 17.4 Å². The Bertz CT molecular complexity index is 496. The standard InChI is InChI=1S/C10H14N4O5/c1-7(2)13(6-10(16)17)9(15)5-12-4-3-8(11-12)14(18)19/h3-4,7H,5-6H2,1-2H3,(H,16,17). The van der Waals surface area contributed by atoms with Crippen LogP contribution in [0, 0.1) is 10.1 Å². The molecule has 0 fully saturated rings. The van der Waals surface area contributed by atoms with Gasteiger partial charge in [0.25, 0.3) is 0 Å². The minimum absolute atomic E-state index is 0.237. The highest BCUT2D eigenvalue weighted by atomic mass is 16.6. The summed E-state index contributed by atoms with van der Waals surface area (Å²) in [5.74, 6) is -1.94. The van der Waals surface area contributed by atoms with Gasteiger partial charge in [-0.15, -0.1) is 0 Å². The smallest absolute Gasteiger partial charge is 0.389 e. The van der Waals surface area contributed by atoms with E-state index in [4.69, 9.17) is 5.11 Å². The van der Waals surface area contributed by atoms with E-state index in [9.17, 15) is 19.7 Å². The maximum absolute atomic E-state index is 11.9. The Morgan fingerprint density at radius 2 is 2.21 bits per heavy atom. The first-order valence-electron chi connectivity index (χ1n) is 5.50. The predicted octanol–water partition coefficient (Wildman–Crippen LogP) is 0.113. The van der Waals surface area contributed by atoms with Gasteiger partial charge in [0, 0.05) is 6.04 Å². The fraction of sp³-hybridized carbons (Fsp3) is 0.500. The number of aliphatic carboxylic acids is 1. The first-order valence-corrected chi connectivity index (χ1v) is 5.50. The molecule has 0 atom stereocenters. The van der Waals surface area contributed by atoms with Crippen LogP contribution in [-0.2, 0) is 16.1 Å². The number of aromatic nitrogens is 2. The van der Waals surface area contributed by atoms with Crippen molar-refractivity contribution in [1.29, 1.82) is 0 Å². The number of carboxylic acids is 1. The van der Waals surface area contributed by atoms with Crippen LogP contribution in [0.2, 0.25) is 0 Å². The van der Waals surface area contributed by atoms with Crippen LogP contribution in [0.5, 0.6) is 0 Å². The van der Waals surface area contributed by atoms with Crippen LogP contribution in [0.3, 0.4) is 0 Å². The summed E-state index contributed by atoms with van der Waals surface area (Å²) in [5, 5.41) is 22.8. The molecule has 104 valence electrons. The van der Waals surface area contributed by atoms with E-state index in [1.54, 1.807) is 13.8 Å². The number of hydrogen-bond acceptors (Lipinski definition) is 5. The highest BCUT2D eigenvalue weighted by molar-refractivity contribution is 5.81. The summed E-state index contributed by atoms with van der Waals surface area (Å²) in [6.45, 7) is 2.72. The molecule has 0 radical (unpaired) electrons. The summed E-state index contributed by atoms with van der Waals surface area (Å²) >= 11 is 0. The Morgan fingerprint density at radius 1 is 1.58 bits per heavy atom. The van der Waals surface area contributed by atoms with Crippen LogP contribution in [0.15, 0.2) is 12.3 Å². The summed E-state index contributed by atoms with van der Waals surface area (Å²) in [6, 6.07) is 0.888. The topological polar surface area (TPSA) is 119 Å². The molecule has 1 N–H and O–H groups in total. The summed E-state index contributed by atoms with van der Waals surface area (Å²) in [4.78, 5) is 33.5. The van der Waals surface area contributed by atoms with Crippen molar-refractivity contribution in [2.75, 3.05) is 6.54 Å². The van der Waals surface area contributed by atoms with Gasteiger partial charge in [0.1, 0.15) is 13.1 Å². The fourth-order valence-electron chi connectivity index (χ4n) is 1.47. The molecule has 0 saturated carbocycles. The number of carboxylic acid groups (broad SMARTS) is 1. The van der Waals surface area contributed by atoms with E-state index in [1.165, 1.54) is 12.3 Å². The van der Waals surface area contributed by atoms with Crippen LogP contribution < -0.4 is 0 Å². The van der Waals surface area contributed by atoms with E-state index in [1.807, 2.05) is 0 Å². The first-order chi connectivity index (χ1) is 8.81. The Morgan fingerprint density at radius 3 is 2.63 bits per heavy atom. The molecule has 9 heteroatoms. The highest BCUT2D eigenvalue weighted by Gasteiger charge is 2.22. The number of hydrogen-bond donors (Lipinski definition) is 1. The number of nitro groups is 1. The number of carbonyl (C=O) groups excluding carboxylic acids is 1. The maximum atomic E-state index is 11.9. The zero-order chi connectivity index (χ0) is 14.6. The van der Waals surface area contributed by atoms with E-state index in [2.05, 4.69) is 5.10 Å². The van der Waals surface area contributed by atoms with Crippen LogP contribution >= 0.6 is 0 Å². The lowest BCUT2D eigenvalue weighted by molar-refractivity contribution is -0.389. The zero-order valence-corrected chi connectivity index (χ0v) is 10.5. The van der Waals surface area contributed by atoms with Gasteiger partial charge in [-0.1, -0.05) is 0 Å². The number of carbonyl (C=O) groups is 2. The van der Waals surface area contributed by atoms with Crippen molar-refractivity contribution >= 4 is 17.7 Å². The average Bonchev–Trinajstić information content (AvgIpc) is 2.73.